The molecule has 3 atom stereocenters. The second-order valence-electron chi connectivity index (χ2n) is 6.40. The smallest absolute Gasteiger partial charge is 0.165 e. The van der Waals surface area contributed by atoms with Crippen LogP contribution in [0.3, 0.4) is 0 Å². The Labute approximate surface area is 116 Å². The summed E-state index contributed by atoms with van der Waals surface area (Å²) in [5, 5.41) is 15.7. The normalized spacial score (nSPS) is 27.9. The van der Waals surface area contributed by atoms with Gasteiger partial charge >= 0.3 is 0 Å². The quantitative estimate of drug-likeness (QED) is 0.888. The second-order valence-corrected chi connectivity index (χ2v) is 6.40. The van der Waals surface area contributed by atoms with Crippen LogP contribution in [0.1, 0.15) is 58.8 Å². The Kier molecular flexibility index (Phi) is 4.91. The molecule has 0 aromatic carbocycles. The van der Waals surface area contributed by atoms with Crippen LogP contribution in [0.5, 0.6) is 0 Å². The van der Waals surface area contributed by atoms with E-state index in [2.05, 4.69) is 53.2 Å². The van der Waals surface area contributed by atoms with Crippen molar-refractivity contribution in [2.75, 3.05) is 6.54 Å². The van der Waals surface area contributed by atoms with E-state index in [-0.39, 0.29) is 0 Å². The summed E-state index contributed by atoms with van der Waals surface area (Å²) >= 11 is 0. The van der Waals surface area contributed by atoms with Crippen LogP contribution in [0.15, 0.2) is 0 Å². The highest BCUT2D eigenvalue weighted by Crippen LogP contribution is 2.37. The third-order valence-corrected chi connectivity index (χ3v) is 4.37. The summed E-state index contributed by atoms with van der Waals surface area (Å²) in [6, 6.07) is 0.467. The molecule has 2 rings (SSSR count). The summed E-state index contributed by atoms with van der Waals surface area (Å²) < 4.78 is 2.06. The van der Waals surface area contributed by atoms with Crippen molar-refractivity contribution in [2.24, 2.45) is 17.8 Å². The molecule has 0 bridgehead atoms. The molecule has 1 aromatic rings. The zero-order valence-electron chi connectivity index (χ0n) is 12.6. The summed E-state index contributed by atoms with van der Waals surface area (Å²) in [6.45, 7) is 10.9. The zero-order valence-corrected chi connectivity index (χ0v) is 12.6. The monoisotopic (exact) mass is 265 g/mol. The molecule has 1 fully saturated rings. The predicted octanol–water partition coefficient (Wildman–Crippen LogP) is 2.42. The van der Waals surface area contributed by atoms with E-state index in [1.54, 1.807) is 0 Å². The van der Waals surface area contributed by atoms with Gasteiger partial charge in [-0.3, -0.25) is 0 Å². The lowest BCUT2D eigenvalue weighted by Crippen LogP contribution is -2.30. The van der Waals surface area contributed by atoms with Crippen LogP contribution in [-0.2, 0) is 6.54 Å². The molecule has 0 spiro atoms. The molecule has 19 heavy (non-hydrogen) atoms. The molecule has 0 amide bonds. The van der Waals surface area contributed by atoms with Gasteiger partial charge in [0, 0.05) is 0 Å². The maximum absolute atomic E-state index is 4.24. The maximum atomic E-state index is 4.24. The third-order valence-electron chi connectivity index (χ3n) is 4.37. The van der Waals surface area contributed by atoms with Crippen LogP contribution in [0.2, 0.25) is 0 Å². The van der Waals surface area contributed by atoms with Crippen LogP contribution in [0.4, 0.5) is 0 Å². The van der Waals surface area contributed by atoms with Crippen molar-refractivity contribution >= 4 is 0 Å². The number of nitrogens with one attached hydrogen (secondary N) is 1. The molecule has 1 heterocycles. The molecule has 1 saturated carbocycles. The molecule has 0 radical (unpaired) electrons. The molecule has 1 aliphatic carbocycles. The molecule has 0 saturated heterocycles. The van der Waals surface area contributed by atoms with E-state index in [4.69, 9.17) is 0 Å². The van der Waals surface area contributed by atoms with Gasteiger partial charge in [0.25, 0.3) is 0 Å². The molecule has 5 nitrogen and oxygen atoms in total. The molecule has 1 aromatic heterocycles. The minimum Gasteiger partial charge on any atom is -0.310 e. The van der Waals surface area contributed by atoms with Gasteiger partial charge in [-0.15, -0.1) is 5.10 Å². The molecule has 1 N–H and O–H groups in total. The number of aromatic nitrogens is 4. The fourth-order valence-electron chi connectivity index (χ4n) is 2.96. The fraction of sp³-hybridized carbons (Fsp3) is 0.929. The summed E-state index contributed by atoms with van der Waals surface area (Å²) in [7, 11) is 0. The summed E-state index contributed by atoms with van der Waals surface area (Å²) in [4.78, 5) is 0. The van der Waals surface area contributed by atoms with Crippen LogP contribution in [0, 0.1) is 17.8 Å². The third kappa shape index (κ3) is 3.53. The number of hydrogen-bond acceptors (Lipinski definition) is 4. The van der Waals surface area contributed by atoms with E-state index < -0.39 is 0 Å². The number of rotatable bonds is 5. The summed E-state index contributed by atoms with van der Waals surface area (Å²) in [5.74, 6) is 3.05. The Bertz CT molecular complexity index is 387. The SMILES string of the molecule is CC(C)CNCc1nnnn1C1CCCC(C)C1C. The van der Waals surface area contributed by atoms with E-state index >= 15 is 0 Å². The zero-order chi connectivity index (χ0) is 13.8. The van der Waals surface area contributed by atoms with Gasteiger partial charge in [0.15, 0.2) is 5.82 Å². The predicted molar refractivity (Wildman–Crippen MR) is 75.6 cm³/mol. The van der Waals surface area contributed by atoms with Crippen molar-refractivity contribution in [3.05, 3.63) is 5.82 Å². The molecule has 1 aliphatic rings. The second kappa shape index (κ2) is 6.46. The van der Waals surface area contributed by atoms with Crippen LogP contribution in [0.25, 0.3) is 0 Å². The molecule has 0 aliphatic heterocycles. The molecular weight excluding hydrogens is 238 g/mol. The lowest BCUT2D eigenvalue weighted by atomic mass is 9.78. The summed E-state index contributed by atoms with van der Waals surface area (Å²) in [5.41, 5.74) is 0. The van der Waals surface area contributed by atoms with Gasteiger partial charge in [0.2, 0.25) is 0 Å². The van der Waals surface area contributed by atoms with E-state index in [1.165, 1.54) is 19.3 Å². The Hall–Kier alpha value is -0.970. The Morgan fingerprint density at radius 2 is 2.11 bits per heavy atom. The lowest BCUT2D eigenvalue weighted by Gasteiger charge is -2.34. The standard InChI is InChI=1S/C14H27N5/c1-10(2)8-15-9-14-16-17-18-19(14)13-7-5-6-11(3)12(13)4/h10-13,15H,5-9H2,1-4H3. The average Bonchev–Trinajstić information content (AvgIpc) is 2.80. The maximum Gasteiger partial charge on any atom is 0.165 e. The fourth-order valence-corrected chi connectivity index (χ4v) is 2.96. The minimum absolute atomic E-state index is 0.467. The number of hydrogen-bond donors (Lipinski definition) is 1. The van der Waals surface area contributed by atoms with E-state index in [1.807, 2.05) is 0 Å². The van der Waals surface area contributed by atoms with Gasteiger partial charge in [-0.25, -0.2) is 4.68 Å². The van der Waals surface area contributed by atoms with Crippen molar-refractivity contribution in [1.29, 1.82) is 0 Å². The number of nitrogens with zero attached hydrogens (tertiary/aromatic N) is 4. The molecular formula is C14H27N5. The highest BCUT2D eigenvalue weighted by atomic mass is 15.6. The van der Waals surface area contributed by atoms with Crippen molar-refractivity contribution in [2.45, 2.75) is 59.5 Å². The largest absolute Gasteiger partial charge is 0.310 e. The molecule has 3 unspecified atom stereocenters. The van der Waals surface area contributed by atoms with E-state index in [9.17, 15) is 0 Å². The first kappa shape index (κ1) is 14.4. The topological polar surface area (TPSA) is 55.6 Å². The Balaban J connectivity index is 2.02. The van der Waals surface area contributed by atoms with Gasteiger partial charge in [-0.1, -0.05) is 40.5 Å². The molecule has 108 valence electrons. The Morgan fingerprint density at radius 3 is 2.84 bits per heavy atom. The van der Waals surface area contributed by atoms with Crippen LogP contribution < -0.4 is 5.32 Å². The average molecular weight is 265 g/mol. The van der Waals surface area contributed by atoms with Crippen LogP contribution in [-0.4, -0.2) is 26.8 Å². The van der Waals surface area contributed by atoms with Crippen molar-refractivity contribution < 1.29 is 0 Å². The first-order chi connectivity index (χ1) is 9.09. The lowest BCUT2D eigenvalue weighted by molar-refractivity contribution is 0.169. The number of tetrazole rings is 1. The van der Waals surface area contributed by atoms with Gasteiger partial charge in [-0.2, -0.15) is 0 Å². The molecule has 5 heteroatoms. The van der Waals surface area contributed by atoms with Crippen molar-refractivity contribution in [3.8, 4) is 0 Å². The van der Waals surface area contributed by atoms with E-state index in [0.717, 1.165) is 24.8 Å². The van der Waals surface area contributed by atoms with E-state index in [0.29, 0.717) is 17.9 Å². The highest BCUT2D eigenvalue weighted by molar-refractivity contribution is 4.89. The van der Waals surface area contributed by atoms with Gasteiger partial charge < -0.3 is 5.32 Å². The minimum atomic E-state index is 0.467. The van der Waals surface area contributed by atoms with Gasteiger partial charge in [-0.05, 0) is 41.1 Å². The summed E-state index contributed by atoms with van der Waals surface area (Å²) in [6.07, 6.45) is 3.82. The first-order valence-corrected chi connectivity index (χ1v) is 7.57. The van der Waals surface area contributed by atoms with Gasteiger partial charge in [0.1, 0.15) is 0 Å². The van der Waals surface area contributed by atoms with Crippen LogP contribution >= 0.6 is 0 Å². The van der Waals surface area contributed by atoms with Crippen molar-refractivity contribution in [1.82, 2.24) is 25.5 Å². The van der Waals surface area contributed by atoms with Gasteiger partial charge in [0.05, 0.1) is 12.6 Å². The highest BCUT2D eigenvalue weighted by Gasteiger charge is 2.30. The first-order valence-electron chi connectivity index (χ1n) is 7.57. The Morgan fingerprint density at radius 1 is 1.32 bits per heavy atom. The van der Waals surface area contributed by atoms with Crippen molar-refractivity contribution in [3.63, 3.8) is 0 Å².